The summed E-state index contributed by atoms with van der Waals surface area (Å²) in [5.74, 6) is 1.02. The third-order valence-electron chi connectivity index (χ3n) is 4.37. The van der Waals surface area contributed by atoms with Crippen molar-refractivity contribution in [1.29, 1.82) is 0 Å². The summed E-state index contributed by atoms with van der Waals surface area (Å²) in [4.78, 5) is 0. The molecule has 3 N–H and O–H groups in total. The molecule has 0 saturated carbocycles. The topological polar surface area (TPSA) is 69.9 Å². The first-order valence-corrected chi connectivity index (χ1v) is 10.1. The van der Waals surface area contributed by atoms with E-state index in [1.807, 2.05) is 58.0 Å². The number of ether oxygens (including phenoxy) is 1. The van der Waals surface area contributed by atoms with Gasteiger partial charge in [0.05, 0.1) is 20.3 Å². The van der Waals surface area contributed by atoms with Gasteiger partial charge in [0.2, 0.25) is 0 Å². The molecule has 0 aliphatic carbocycles. The van der Waals surface area contributed by atoms with E-state index in [1.54, 1.807) is 13.2 Å². The maximum Gasteiger partial charge on any atom is 0.123 e. The quantitative estimate of drug-likeness (QED) is 0.527. The van der Waals surface area contributed by atoms with Crippen molar-refractivity contribution >= 4 is 31.9 Å². The summed E-state index contributed by atoms with van der Waals surface area (Å²) < 4.78 is 7.09. The first-order chi connectivity index (χ1) is 12.5. The van der Waals surface area contributed by atoms with Crippen molar-refractivity contribution in [2.24, 2.45) is 0 Å². The minimum atomic E-state index is -0.398. The van der Waals surface area contributed by atoms with Crippen molar-refractivity contribution in [1.82, 2.24) is 0 Å². The van der Waals surface area contributed by atoms with Gasteiger partial charge in [-0.25, -0.2) is 0 Å². The van der Waals surface area contributed by atoms with E-state index in [1.165, 1.54) is 0 Å². The Hall–Kier alpha value is -1.08. The van der Waals surface area contributed by atoms with Crippen LogP contribution in [0.1, 0.15) is 38.8 Å². The van der Waals surface area contributed by atoms with Gasteiger partial charge in [-0.15, -0.1) is 0 Å². The van der Waals surface area contributed by atoms with Gasteiger partial charge in [-0.3, -0.25) is 0 Å². The molecule has 0 fully saturated rings. The first kappa shape index (κ1) is 24.0. The van der Waals surface area contributed by atoms with E-state index < -0.39 is 5.41 Å². The van der Waals surface area contributed by atoms with Crippen molar-refractivity contribution in [2.45, 2.75) is 38.5 Å². The Labute approximate surface area is 178 Å². The van der Waals surface area contributed by atoms with Crippen LogP contribution in [0.15, 0.2) is 45.3 Å². The second kappa shape index (κ2) is 9.92. The maximum absolute atomic E-state index is 9.62. The zero-order valence-corrected chi connectivity index (χ0v) is 19.6. The molecule has 0 aliphatic rings. The molecule has 0 atom stereocenters. The maximum atomic E-state index is 9.62. The predicted molar refractivity (Wildman–Crippen MR) is 117 cm³/mol. The molecule has 2 aromatic rings. The molecule has 0 amide bonds. The fourth-order valence-corrected chi connectivity index (χ4v) is 3.16. The van der Waals surface area contributed by atoms with E-state index in [-0.39, 0.29) is 24.4 Å². The fraction of sp³-hybridized carbons (Fsp3) is 0.429. The van der Waals surface area contributed by atoms with Gasteiger partial charge < -0.3 is 20.1 Å². The molecule has 0 aromatic heterocycles. The Morgan fingerprint density at radius 2 is 1.26 bits per heavy atom. The Morgan fingerprint density at radius 1 is 0.815 bits per heavy atom. The zero-order chi connectivity index (χ0) is 20.8. The van der Waals surface area contributed by atoms with Crippen molar-refractivity contribution in [3.8, 4) is 11.5 Å². The fourth-order valence-electron chi connectivity index (χ4n) is 2.47. The van der Waals surface area contributed by atoms with Crippen LogP contribution in [0.2, 0.25) is 0 Å². The number of rotatable bonds is 5. The number of phenols is 1. The zero-order valence-electron chi connectivity index (χ0n) is 16.4. The lowest BCUT2D eigenvalue weighted by Gasteiger charge is -2.24. The summed E-state index contributed by atoms with van der Waals surface area (Å²) in [6.07, 6.45) is 0. The molecule has 0 bridgehead atoms. The smallest absolute Gasteiger partial charge is 0.123 e. The van der Waals surface area contributed by atoms with Crippen LogP contribution in [0.25, 0.3) is 0 Å². The number of halogens is 2. The summed E-state index contributed by atoms with van der Waals surface area (Å²) in [6, 6.07) is 11.1. The number of aromatic hydroxyl groups is 1. The van der Waals surface area contributed by atoms with Gasteiger partial charge >= 0.3 is 0 Å². The number of benzene rings is 2. The summed E-state index contributed by atoms with van der Waals surface area (Å²) in [5, 5.41) is 28.0. The lowest BCUT2D eigenvalue weighted by molar-refractivity contribution is 0.215. The molecule has 0 unspecified atom stereocenters. The second-order valence-electron chi connectivity index (χ2n) is 7.59. The minimum absolute atomic E-state index is 0.0161. The number of phenolic OH excluding ortho intramolecular Hbond substituents is 1. The molecule has 2 aromatic carbocycles. The highest BCUT2D eigenvalue weighted by atomic mass is 79.9. The molecule has 27 heavy (non-hydrogen) atoms. The Bertz CT molecular complexity index is 758. The molecule has 0 spiro atoms. The number of methoxy groups -OCH3 is 1. The Kier molecular flexibility index (Phi) is 8.80. The van der Waals surface area contributed by atoms with E-state index in [4.69, 9.17) is 9.84 Å². The highest BCUT2D eigenvalue weighted by Crippen LogP contribution is 2.33. The third-order valence-corrected chi connectivity index (χ3v) is 5.36. The highest BCUT2D eigenvalue weighted by molar-refractivity contribution is 9.10. The average molecular weight is 504 g/mol. The number of hydrogen-bond donors (Lipinski definition) is 3. The average Bonchev–Trinajstić information content (AvgIpc) is 2.61. The van der Waals surface area contributed by atoms with Crippen LogP contribution in [0.4, 0.5) is 0 Å². The van der Waals surface area contributed by atoms with E-state index in [0.717, 1.165) is 25.8 Å². The van der Waals surface area contributed by atoms with Crippen LogP contribution >= 0.6 is 31.9 Å². The van der Waals surface area contributed by atoms with Gasteiger partial charge in [0.1, 0.15) is 11.5 Å². The summed E-state index contributed by atoms with van der Waals surface area (Å²) in [6.45, 7) is 7.86. The van der Waals surface area contributed by atoms with Crippen LogP contribution in [0.5, 0.6) is 11.5 Å². The summed E-state index contributed by atoms with van der Waals surface area (Å²) >= 11 is 6.65. The van der Waals surface area contributed by atoms with Crippen LogP contribution in [0, 0.1) is 0 Å². The third kappa shape index (κ3) is 6.49. The van der Waals surface area contributed by atoms with Gasteiger partial charge in [0.25, 0.3) is 0 Å². The van der Waals surface area contributed by atoms with Crippen molar-refractivity contribution in [3.63, 3.8) is 0 Å². The predicted octanol–water partition coefficient (Wildman–Crippen LogP) is 5.15. The second-order valence-corrected chi connectivity index (χ2v) is 9.42. The molecule has 2 rings (SSSR count). The van der Waals surface area contributed by atoms with E-state index in [2.05, 4.69) is 31.9 Å². The van der Waals surface area contributed by atoms with Gasteiger partial charge in [-0.1, -0.05) is 71.7 Å². The van der Waals surface area contributed by atoms with E-state index >= 15 is 0 Å². The van der Waals surface area contributed by atoms with Gasteiger partial charge in [0.15, 0.2) is 0 Å². The van der Waals surface area contributed by atoms with Crippen molar-refractivity contribution < 1.29 is 20.1 Å². The van der Waals surface area contributed by atoms with Gasteiger partial charge in [-0.05, 0) is 24.3 Å². The summed E-state index contributed by atoms with van der Waals surface area (Å²) in [5.41, 5.74) is 1.11. The summed E-state index contributed by atoms with van der Waals surface area (Å²) in [7, 11) is 1.64. The normalized spacial score (nSPS) is 11.6. The number of aliphatic hydroxyl groups is 2. The Balaban J connectivity index is 0.000000271. The number of aliphatic hydroxyl groups excluding tert-OH is 2. The highest BCUT2D eigenvalue weighted by Gasteiger charge is 2.23. The molecular formula is C21H28Br2O4. The van der Waals surface area contributed by atoms with Gasteiger partial charge in [0, 0.05) is 30.9 Å². The first-order valence-electron chi connectivity index (χ1n) is 8.53. The van der Waals surface area contributed by atoms with Crippen LogP contribution in [0.3, 0.4) is 0 Å². The molecule has 4 nitrogen and oxygen atoms in total. The van der Waals surface area contributed by atoms with Crippen molar-refractivity contribution in [3.05, 3.63) is 56.5 Å². The molecule has 0 aliphatic heterocycles. The minimum Gasteiger partial charge on any atom is -0.508 e. The molecule has 150 valence electrons. The molecule has 6 heteroatoms. The SMILES string of the molecule is CC(C)(CO)c1ccc(Br)cc1O.COc1cc(Br)ccc1C(C)(C)CO. The van der Waals surface area contributed by atoms with E-state index in [9.17, 15) is 10.2 Å². The lowest BCUT2D eigenvalue weighted by atomic mass is 9.85. The van der Waals surface area contributed by atoms with Gasteiger partial charge in [-0.2, -0.15) is 0 Å². The monoisotopic (exact) mass is 502 g/mol. The van der Waals surface area contributed by atoms with Crippen LogP contribution < -0.4 is 4.74 Å². The lowest BCUT2D eigenvalue weighted by Crippen LogP contribution is -2.22. The van der Waals surface area contributed by atoms with Crippen LogP contribution in [-0.4, -0.2) is 35.6 Å². The standard InChI is InChI=1S/C11H15BrO2.C10H13BrO2/c1-11(2,7-13)9-5-4-8(12)6-10(9)14-3;1-10(2,6-12)8-4-3-7(11)5-9(8)13/h4-6,13H,7H2,1-3H3;3-5,12-13H,6H2,1-2H3. The molecule has 0 radical (unpaired) electrons. The largest absolute Gasteiger partial charge is 0.508 e. The number of hydrogen-bond acceptors (Lipinski definition) is 4. The molecular weight excluding hydrogens is 476 g/mol. The van der Waals surface area contributed by atoms with E-state index in [0.29, 0.717) is 0 Å². The molecule has 0 heterocycles. The van der Waals surface area contributed by atoms with Crippen LogP contribution in [-0.2, 0) is 10.8 Å². The van der Waals surface area contributed by atoms with Crippen molar-refractivity contribution in [2.75, 3.05) is 20.3 Å². The Morgan fingerprint density at radius 3 is 1.70 bits per heavy atom. The molecule has 0 saturated heterocycles.